The monoisotopic (exact) mass is 240 g/mol. The van der Waals surface area contributed by atoms with E-state index in [1.54, 1.807) is 0 Å². The van der Waals surface area contributed by atoms with Crippen LogP contribution in [-0.4, -0.2) is 11.1 Å². The van der Waals surface area contributed by atoms with Crippen LogP contribution in [0.15, 0.2) is 30.3 Å². The number of hydrogen-bond donors (Lipinski definition) is 1. The molecule has 0 radical (unpaired) electrons. The zero-order valence-electron chi connectivity index (χ0n) is 11.3. The Morgan fingerprint density at radius 1 is 1.11 bits per heavy atom. The first kappa shape index (κ1) is 11.5. The van der Waals surface area contributed by atoms with Crippen LogP contribution in [0.1, 0.15) is 35.5 Å². The van der Waals surface area contributed by atoms with Crippen molar-refractivity contribution >= 4 is 0 Å². The summed E-state index contributed by atoms with van der Waals surface area (Å²) in [5, 5.41) is 3.51. The zero-order chi connectivity index (χ0) is 12.7. The van der Waals surface area contributed by atoms with Crippen LogP contribution >= 0.6 is 0 Å². The zero-order valence-corrected chi connectivity index (χ0v) is 11.3. The number of aromatic nitrogens is 1. The molecule has 2 heterocycles. The van der Waals surface area contributed by atoms with Gasteiger partial charge in [0.2, 0.25) is 0 Å². The van der Waals surface area contributed by atoms with E-state index >= 15 is 0 Å². The fraction of sp³-hybridized carbons (Fsp3) is 0.375. The van der Waals surface area contributed by atoms with Gasteiger partial charge in [-0.25, -0.2) is 0 Å². The van der Waals surface area contributed by atoms with Crippen LogP contribution in [0.5, 0.6) is 0 Å². The second-order valence-corrected chi connectivity index (χ2v) is 5.26. The predicted octanol–water partition coefficient (Wildman–Crippen LogP) is 3.30. The molecule has 0 bridgehead atoms. The predicted molar refractivity (Wildman–Crippen MR) is 75.4 cm³/mol. The van der Waals surface area contributed by atoms with Crippen LogP contribution < -0.4 is 5.32 Å². The summed E-state index contributed by atoms with van der Waals surface area (Å²) in [5.41, 5.74) is 6.84. The van der Waals surface area contributed by atoms with Gasteiger partial charge >= 0.3 is 0 Å². The van der Waals surface area contributed by atoms with E-state index < -0.39 is 0 Å². The third-order valence-corrected chi connectivity index (χ3v) is 3.97. The number of rotatable bonds is 1. The lowest BCUT2D eigenvalue weighted by Crippen LogP contribution is -2.27. The molecular weight excluding hydrogens is 220 g/mol. The van der Waals surface area contributed by atoms with Crippen molar-refractivity contribution in [3.63, 3.8) is 0 Å². The molecule has 0 spiro atoms. The summed E-state index contributed by atoms with van der Waals surface area (Å²) in [7, 11) is 0. The Kier molecular flexibility index (Phi) is 2.75. The Bertz CT molecular complexity index is 561. The van der Waals surface area contributed by atoms with Gasteiger partial charge in [0.05, 0.1) is 0 Å². The Morgan fingerprint density at radius 2 is 1.83 bits per heavy atom. The van der Waals surface area contributed by atoms with Gasteiger partial charge in [-0.05, 0) is 69.1 Å². The summed E-state index contributed by atoms with van der Waals surface area (Å²) in [6, 6.07) is 11.7. The highest BCUT2D eigenvalue weighted by molar-refractivity contribution is 5.45. The van der Waals surface area contributed by atoms with Crippen molar-refractivity contribution in [2.75, 3.05) is 6.54 Å². The SMILES string of the molecule is Cc1ccc(C)n1-c1ccc2c(c1)CCNC2C. The summed E-state index contributed by atoms with van der Waals surface area (Å²) >= 11 is 0. The quantitative estimate of drug-likeness (QED) is 0.809. The van der Waals surface area contributed by atoms with Gasteiger partial charge < -0.3 is 9.88 Å². The van der Waals surface area contributed by atoms with Crippen molar-refractivity contribution in [1.82, 2.24) is 9.88 Å². The average molecular weight is 240 g/mol. The number of aryl methyl sites for hydroxylation is 2. The molecule has 0 amide bonds. The molecule has 1 aliphatic rings. The van der Waals surface area contributed by atoms with E-state index in [9.17, 15) is 0 Å². The summed E-state index contributed by atoms with van der Waals surface area (Å²) in [5.74, 6) is 0. The molecule has 0 aliphatic carbocycles. The lowest BCUT2D eigenvalue weighted by molar-refractivity contribution is 0.540. The maximum Gasteiger partial charge on any atom is 0.0457 e. The number of fused-ring (bicyclic) bond motifs is 1. The van der Waals surface area contributed by atoms with E-state index in [1.807, 2.05) is 0 Å². The van der Waals surface area contributed by atoms with Crippen molar-refractivity contribution in [2.24, 2.45) is 0 Å². The molecule has 1 aromatic heterocycles. The minimum atomic E-state index is 0.481. The molecule has 0 saturated heterocycles. The fourth-order valence-electron chi connectivity index (χ4n) is 2.98. The van der Waals surface area contributed by atoms with Gasteiger partial charge in [-0.2, -0.15) is 0 Å². The Morgan fingerprint density at radius 3 is 2.56 bits per heavy atom. The van der Waals surface area contributed by atoms with Gasteiger partial charge in [-0.3, -0.25) is 0 Å². The van der Waals surface area contributed by atoms with Gasteiger partial charge in [-0.15, -0.1) is 0 Å². The third-order valence-electron chi connectivity index (χ3n) is 3.97. The summed E-state index contributed by atoms with van der Waals surface area (Å²) < 4.78 is 2.33. The second kappa shape index (κ2) is 4.29. The van der Waals surface area contributed by atoms with E-state index in [1.165, 1.54) is 28.2 Å². The summed E-state index contributed by atoms with van der Waals surface area (Å²) in [4.78, 5) is 0. The topological polar surface area (TPSA) is 17.0 Å². The van der Waals surface area contributed by atoms with Crippen LogP contribution in [0.2, 0.25) is 0 Å². The molecule has 1 unspecified atom stereocenters. The van der Waals surface area contributed by atoms with E-state index in [0.717, 1.165) is 13.0 Å². The first-order valence-electron chi connectivity index (χ1n) is 6.68. The molecule has 2 aromatic rings. The Labute approximate surface area is 109 Å². The van der Waals surface area contributed by atoms with Gasteiger partial charge in [-0.1, -0.05) is 6.07 Å². The molecule has 2 heteroatoms. The van der Waals surface area contributed by atoms with E-state index in [0.29, 0.717) is 6.04 Å². The average Bonchev–Trinajstić information content (AvgIpc) is 2.69. The highest BCUT2D eigenvalue weighted by atomic mass is 15.0. The molecule has 94 valence electrons. The summed E-state index contributed by atoms with van der Waals surface area (Å²) in [6.45, 7) is 7.65. The van der Waals surface area contributed by atoms with Gasteiger partial charge in [0.1, 0.15) is 0 Å². The Balaban J connectivity index is 2.10. The van der Waals surface area contributed by atoms with Gasteiger partial charge in [0.25, 0.3) is 0 Å². The van der Waals surface area contributed by atoms with E-state index in [-0.39, 0.29) is 0 Å². The van der Waals surface area contributed by atoms with Crippen molar-refractivity contribution < 1.29 is 0 Å². The minimum Gasteiger partial charge on any atom is -0.319 e. The molecular formula is C16H20N2. The van der Waals surface area contributed by atoms with E-state index in [2.05, 4.69) is 61.0 Å². The molecule has 18 heavy (non-hydrogen) atoms. The molecule has 1 aromatic carbocycles. The molecule has 0 saturated carbocycles. The number of hydrogen-bond acceptors (Lipinski definition) is 1. The minimum absolute atomic E-state index is 0.481. The highest BCUT2D eigenvalue weighted by Gasteiger charge is 2.16. The molecule has 1 N–H and O–H groups in total. The largest absolute Gasteiger partial charge is 0.319 e. The lowest BCUT2D eigenvalue weighted by atomic mass is 9.95. The van der Waals surface area contributed by atoms with E-state index in [4.69, 9.17) is 0 Å². The van der Waals surface area contributed by atoms with Gasteiger partial charge in [0, 0.05) is 23.1 Å². The van der Waals surface area contributed by atoms with Crippen LogP contribution in [0, 0.1) is 13.8 Å². The van der Waals surface area contributed by atoms with Crippen molar-refractivity contribution in [3.8, 4) is 5.69 Å². The first-order valence-corrected chi connectivity index (χ1v) is 6.68. The normalized spacial score (nSPS) is 18.7. The molecule has 0 fully saturated rings. The first-order chi connectivity index (χ1) is 8.66. The highest BCUT2D eigenvalue weighted by Crippen LogP contribution is 2.26. The van der Waals surface area contributed by atoms with Crippen LogP contribution in [0.3, 0.4) is 0 Å². The molecule has 1 aliphatic heterocycles. The number of nitrogens with zero attached hydrogens (tertiary/aromatic N) is 1. The van der Waals surface area contributed by atoms with Crippen molar-refractivity contribution in [1.29, 1.82) is 0 Å². The number of nitrogens with one attached hydrogen (secondary N) is 1. The standard InChI is InChI=1S/C16H20N2/c1-11-4-5-12(2)18(11)15-6-7-16-13(3)17-9-8-14(16)10-15/h4-7,10,13,17H,8-9H2,1-3H3. The van der Waals surface area contributed by atoms with Crippen LogP contribution in [-0.2, 0) is 6.42 Å². The smallest absolute Gasteiger partial charge is 0.0457 e. The maximum absolute atomic E-state index is 3.51. The Hall–Kier alpha value is -1.54. The maximum atomic E-state index is 3.51. The second-order valence-electron chi connectivity index (χ2n) is 5.26. The summed E-state index contributed by atoms with van der Waals surface area (Å²) in [6.07, 6.45) is 1.13. The fourth-order valence-corrected chi connectivity index (χ4v) is 2.98. The van der Waals surface area contributed by atoms with Crippen molar-refractivity contribution in [3.05, 3.63) is 52.8 Å². The molecule has 1 atom stereocenters. The van der Waals surface area contributed by atoms with Gasteiger partial charge in [0.15, 0.2) is 0 Å². The number of benzene rings is 1. The van der Waals surface area contributed by atoms with Crippen LogP contribution in [0.4, 0.5) is 0 Å². The van der Waals surface area contributed by atoms with Crippen molar-refractivity contribution in [2.45, 2.75) is 33.2 Å². The lowest BCUT2D eigenvalue weighted by Gasteiger charge is -2.25. The van der Waals surface area contributed by atoms with Crippen LogP contribution in [0.25, 0.3) is 5.69 Å². The third kappa shape index (κ3) is 1.77. The molecule has 3 rings (SSSR count). The molecule has 2 nitrogen and oxygen atoms in total.